The molecule has 4 atom stereocenters. The van der Waals surface area contributed by atoms with Crippen molar-refractivity contribution in [2.75, 3.05) is 18.6 Å². The first-order valence-electron chi connectivity index (χ1n) is 17.7. The van der Waals surface area contributed by atoms with Gasteiger partial charge in [0.15, 0.2) is 5.60 Å². The third-order valence-electron chi connectivity index (χ3n) is 11.2. The lowest BCUT2D eigenvalue weighted by atomic mass is 9.82. The maximum atomic E-state index is 15.3. The molecule has 52 heavy (non-hydrogen) atoms. The minimum atomic E-state index is -2.40. The lowest BCUT2D eigenvalue weighted by molar-refractivity contribution is -0.145. The maximum Gasteiger partial charge on any atom is 0.279 e. The van der Waals surface area contributed by atoms with E-state index in [9.17, 15) is 9.90 Å². The smallest absolute Gasteiger partial charge is 0.279 e. The van der Waals surface area contributed by atoms with Crippen LogP contribution in [0, 0.1) is 5.92 Å². The van der Waals surface area contributed by atoms with Gasteiger partial charge in [0, 0.05) is 42.9 Å². The molecule has 4 aromatic carbocycles. The van der Waals surface area contributed by atoms with Crippen LogP contribution in [0.25, 0.3) is 16.6 Å². The van der Waals surface area contributed by atoms with Gasteiger partial charge in [-0.1, -0.05) is 72.9 Å². The van der Waals surface area contributed by atoms with Crippen LogP contribution in [-0.4, -0.2) is 63.7 Å². The van der Waals surface area contributed by atoms with E-state index in [4.69, 9.17) is 9.47 Å². The van der Waals surface area contributed by atoms with Crippen LogP contribution in [0.15, 0.2) is 108 Å². The number of amides is 1. The number of para-hydroxylation sites is 2. The van der Waals surface area contributed by atoms with Crippen molar-refractivity contribution in [2.45, 2.75) is 56.7 Å². The first kappa shape index (κ1) is 33.8. The van der Waals surface area contributed by atoms with E-state index in [0.717, 1.165) is 33.9 Å². The van der Waals surface area contributed by atoms with Gasteiger partial charge < -0.3 is 14.6 Å². The van der Waals surface area contributed by atoms with Crippen LogP contribution in [0.2, 0.25) is 18.6 Å². The molecule has 8 rings (SSSR count). The number of nitrogens with one attached hydrogen (secondary N) is 1. The van der Waals surface area contributed by atoms with Crippen LogP contribution >= 0.6 is 0 Å². The highest BCUT2D eigenvalue weighted by Gasteiger charge is 2.66. The monoisotopic (exact) mass is 714 g/mol. The number of rotatable bonds is 10. The van der Waals surface area contributed by atoms with E-state index in [1.165, 1.54) is 5.19 Å². The van der Waals surface area contributed by atoms with Gasteiger partial charge >= 0.3 is 0 Å². The highest BCUT2D eigenvalue weighted by Crippen LogP contribution is 2.61. The summed E-state index contributed by atoms with van der Waals surface area (Å²) in [5.41, 5.74) is 2.85. The van der Waals surface area contributed by atoms with Crippen LogP contribution < -0.4 is 20.4 Å². The number of aromatic amines is 1. The summed E-state index contributed by atoms with van der Waals surface area (Å²) in [6.45, 7) is 7.41. The molecule has 11 nitrogen and oxygen atoms in total. The fraction of sp³-hybridized carbons (Fsp3) is 0.300. The lowest BCUT2D eigenvalue weighted by Crippen LogP contribution is -2.51. The average Bonchev–Trinajstić information content (AvgIpc) is 3.90. The number of aryl methyl sites for hydroxylation is 1. The van der Waals surface area contributed by atoms with Crippen molar-refractivity contribution < 1.29 is 19.4 Å². The molecule has 12 heteroatoms. The molecule has 6 aromatic rings. The summed E-state index contributed by atoms with van der Waals surface area (Å²) < 4.78 is 16.2. The van der Waals surface area contributed by atoms with Gasteiger partial charge in [-0.25, -0.2) is 4.68 Å². The second-order valence-electron chi connectivity index (χ2n) is 14.4. The number of carbonyl (C=O) groups excluding carboxylic acids is 1. The van der Waals surface area contributed by atoms with Crippen LogP contribution in [0.1, 0.15) is 24.6 Å². The average molecular weight is 715 g/mol. The van der Waals surface area contributed by atoms with E-state index < -0.39 is 13.7 Å². The molecule has 2 aliphatic heterocycles. The molecule has 1 spiro atoms. The lowest BCUT2D eigenvalue weighted by Gasteiger charge is -2.37. The van der Waals surface area contributed by atoms with E-state index in [-0.39, 0.29) is 35.6 Å². The van der Waals surface area contributed by atoms with Crippen LogP contribution in [-0.2, 0) is 28.1 Å². The number of aliphatic hydroxyl groups is 1. The SMILES string of the molecule is COc1ccc([Si](C)(C)[C@H]2[C@H](CCn3cc(CCO)nn3)O[C@@]3(C(=O)N(c4ccccc4)c4ccc(-n5[nH]c6ccccc6c5=O)cc43)[C@@H]2C)cc1. The fourth-order valence-electron chi connectivity index (χ4n) is 8.65. The number of anilines is 2. The highest BCUT2D eigenvalue weighted by molar-refractivity contribution is 6.91. The number of aromatic nitrogens is 5. The van der Waals surface area contributed by atoms with E-state index in [1.807, 2.05) is 91.1 Å². The minimum Gasteiger partial charge on any atom is -0.497 e. The van der Waals surface area contributed by atoms with Crippen molar-refractivity contribution in [3.8, 4) is 11.4 Å². The van der Waals surface area contributed by atoms with Crippen molar-refractivity contribution in [3.63, 3.8) is 0 Å². The quantitative estimate of drug-likeness (QED) is 0.181. The van der Waals surface area contributed by atoms with Crippen molar-refractivity contribution in [1.29, 1.82) is 0 Å². The highest BCUT2D eigenvalue weighted by atomic mass is 28.3. The minimum absolute atomic E-state index is 0.000244. The third-order valence-corrected chi connectivity index (χ3v) is 15.5. The molecule has 0 saturated carbocycles. The number of carbonyl (C=O) groups is 1. The first-order chi connectivity index (χ1) is 25.2. The number of benzene rings is 4. The maximum absolute atomic E-state index is 15.3. The summed E-state index contributed by atoms with van der Waals surface area (Å²) in [4.78, 5) is 30.7. The Morgan fingerprint density at radius 2 is 1.71 bits per heavy atom. The number of hydrogen-bond donors (Lipinski definition) is 2. The molecule has 2 aliphatic rings. The number of H-pyrrole nitrogens is 1. The Labute approximate surface area is 302 Å². The summed E-state index contributed by atoms with van der Waals surface area (Å²) in [7, 11) is -0.732. The normalized spacial score (nSPS) is 21.4. The van der Waals surface area contributed by atoms with Crippen molar-refractivity contribution in [1.82, 2.24) is 24.8 Å². The van der Waals surface area contributed by atoms with Gasteiger partial charge in [-0.3, -0.25) is 24.3 Å². The molecule has 1 fully saturated rings. The van der Waals surface area contributed by atoms with Crippen molar-refractivity contribution in [2.24, 2.45) is 5.92 Å². The van der Waals surface area contributed by atoms with Gasteiger partial charge in [0.1, 0.15) is 5.75 Å². The van der Waals surface area contributed by atoms with Crippen LogP contribution in [0.4, 0.5) is 11.4 Å². The number of ether oxygens (including phenoxy) is 2. The molecule has 0 radical (unpaired) electrons. The number of methoxy groups -OCH3 is 1. The molecule has 1 saturated heterocycles. The second kappa shape index (κ2) is 13.0. The summed E-state index contributed by atoms with van der Waals surface area (Å²) in [5.74, 6) is 0.414. The fourth-order valence-corrected chi connectivity index (χ4v) is 12.7. The van der Waals surface area contributed by atoms with Gasteiger partial charge in [0.25, 0.3) is 11.5 Å². The topological polar surface area (TPSA) is 127 Å². The Hall–Kier alpha value is -5.30. The van der Waals surface area contributed by atoms with Crippen molar-refractivity contribution in [3.05, 3.63) is 125 Å². The first-order valence-corrected chi connectivity index (χ1v) is 20.8. The Bertz CT molecular complexity index is 2320. The zero-order valence-corrected chi connectivity index (χ0v) is 30.7. The van der Waals surface area contributed by atoms with Gasteiger partial charge in [-0.2, -0.15) is 0 Å². The van der Waals surface area contributed by atoms with Crippen LogP contribution in [0.5, 0.6) is 5.75 Å². The molecule has 0 bridgehead atoms. The molecule has 4 heterocycles. The molecule has 2 N–H and O–H groups in total. The number of fused-ring (bicyclic) bond motifs is 3. The second-order valence-corrected chi connectivity index (χ2v) is 19.1. The van der Waals surface area contributed by atoms with E-state index in [2.05, 4.69) is 47.6 Å². The summed E-state index contributed by atoms with van der Waals surface area (Å²) in [6.07, 6.45) is 2.59. The molecule has 1 amide bonds. The van der Waals surface area contributed by atoms with Gasteiger partial charge in [0.2, 0.25) is 0 Å². The Morgan fingerprint density at radius 1 is 0.962 bits per heavy atom. The Kier molecular flexibility index (Phi) is 8.48. The van der Waals surface area contributed by atoms with Gasteiger partial charge in [0.05, 0.1) is 49.3 Å². The van der Waals surface area contributed by atoms with Crippen LogP contribution in [0.3, 0.4) is 0 Å². The predicted molar refractivity (Wildman–Crippen MR) is 202 cm³/mol. The van der Waals surface area contributed by atoms with E-state index >= 15 is 4.79 Å². The summed E-state index contributed by atoms with van der Waals surface area (Å²) >= 11 is 0. The standard InChI is InChI=1S/C40H42N6O5Si/c1-26-37(52(3,4)31-17-15-30(50-2)16-18-31)36(20-22-44-25-27(21-23-47)41-43-44)51-40(26)33-24-29(46-38(48)32-12-8-9-13-34(32)42-46)14-19-35(33)45(39(40)49)28-10-6-5-7-11-28/h5-19,24-26,36-37,42,47H,20-23H2,1-4H3/t26-,36+,37-,40+/m1/s1. The van der Waals surface area contributed by atoms with E-state index in [0.29, 0.717) is 30.5 Å². The largest absolute Gasteiger partial charge is 0.497 e. The summed E-state index contributed by atoms with van der Waals surface area (Å²) in [6, 6.07) is 31.2. The Morgan fingerprint density at radius 3 is 2.44 bits per heavy atom. The van der Waals surface area contributed by atoms with E-state index in [1.54, 1.807) is 21.4 Å². The zero-order valence-electron chi connectivity index (χ0n) is 29.7. The Balaban J connectivity index is 1.28. The predicted octanol–water partition coefficient (Wildman–Crippen LogP) is 5.44. The summed E-state index contributed by atoms with van der Waals surface area (Å²) in [5, 5.41) is 23.1. The van der Waals surface area contributed by atoms with Gasteiger partial charge in [-0.05, 0) is 66.6 Å². The molecule has 0 unspecified atom stereocenters. The number of nitrogens with zero attached hydrogens (tertiary/aromatic N) is 5. The number of aliphatic hydroxyl groups excluding tert-OH is 1. The van der Waals surface area contributed by atoms with Gasteiger partial charge in [-0.15, -0.1) is 5.10 Å². The number of hydrogen-bond acceptors (Lipinski definition) is 7. The molecule has 2 aromatic heterocycles. The molecule has 0 aliphatic carbocycles. The third kappa shape index (κ3) is 5.32. The zero-order chi connectivity index (χ0) is 36.2. The van der Waals surface area contributed by atoms with Crippen molar-refractivity contribution >= 4 is 41.4 Å². The molecular weight excluding hydrogens is 673 g/mol. The molecular formula is C40H42N6O5Si. The molecule has 266 valence electrons.